The molecule has 0 aliphatic heterocycles. The molecular formula is C15H30ClNO4. The van der Waals surface area contributed by atoms with Crippen molar-refractivity contribution < 1.29 is 24.3 Å². The summed E-state index contributed by atoms with van der Waals surface area (Å²) in [7, 11) is 5.44. The van der Waals surface area contributed by atoms with Crippen LogP contribution in [0.3, 0.4) is 0 Å². The van der Waals surface area contributed by atoms with Crippen LogP contribution in [0.5, 0.6) is 0 Å². The smallest absolute Gasteiger partial charge is 0.177 e. The number of likely N-dealkylation sites (N-methyl/N-ethyl adjacent to an activating group) is 1. The molecule has 0 aromatic heterocycles. The molecule has 0 rings (SSSR count). The lowest BCUT2D eigenvalue weighted by molar-refractivity contribution is -0.875. The van der Waals surface area contributed by atoms with E-state index in [4.69, 9.17) is 0 Å². The van der Waals surface area contributed by atoms with Crippen LogP contribution in [0.25, 0.3) is 0 Å². The molecule has 6 heteroatoms. The largest absolute Gasteiger partial charge is 0.550 e. The topological polar surface area (TPSA) is 77.4 Å². The van der Waals surface area contributed by atoms with Crippen molar-refractivity contribution in [1.29, 1.82) is 0 Å². The van der Waals surface area contributed by atoms with Crippen molar-refractivity contribution >= 4 is 24.2 Å². The third kappa shape index (κ3) is 10.7. The van der Waals surface area contributed by atoms with Gasteiger partial charge in [0.15, 0.2) is 11.4 Å². The quantitative estimate of drug-likeness (QED) is 0.453. The Morgan fingerprint density at radius 2 is 1.62 bits per heavy atom. The molecule has 0 heterocycles. The number of unbranched alkanes of at least 4 members (excludes halogenated alkanes) is 4. The van der Waals surface area contributed by atoms with E-state index in [0.717, 1.165) is 25.7 Å². The monoisotopic (exact) mass is 323 g/mol. The number of Topliss-reactive ketones (excluding diaryl/α,β-unsaturated/α-hetero) is 1. The highest BCUT2D eigenvalue weighted by molar-refractivity contribution is 5.90. The Morgan fingerprint density at radius 1 is 1.10 bits per heavy atom. The maximum Gasteiger partial charge on any atom is 0.177 e. The van der Waals surface area contributed by atoms with E-state index in [-0.39, 0.29) is 31.2 Å². The summed E-state index contributed by atoms with van der Waals surface area (Å²) >= 11 is 0. The van der Waals surface area contributed by atoms with E-state index in [9.17, 15) is 19.8 Å². The lowest BCUT2D eigenvalue weighted by Crippen LogP contribution is -2.56. The number of rotatable bonds is 11. The first-order chi connectivity index (χ1) is 9.10. The molecule has 0 bridgehead atoms. The lowest BCUT2D eigenvalue weighted by Gasteiger charge is -2.34. The number of aliphatic hydroxyl groups is 1. The zero-order chi connectivity index (χ0) is 15.8. The SMILES string of the molecule is CCCCCCCC(=O)C(O)(CC(=O)[O-])C[N+](C)(C)C.Cl. The molecule has 1 atom stereocenters. The van der Waals surface area contributed by atoms with Crippen LogP contribution in [0.4, 0.5) is 0 Å². The molecular weight excluding hydrogens is 294 g/mol. The molecule has 0 aliphatic rings. The summed E-state index contributed by atoms with van der Waals surface area (Å²) in [5, 5.41) is 21.2. The minimum atomic E-state index is -1.82. The summed E-state index contributed by atoms with van der Waals surface area (Å²) in [6.45, 7) is 2.19. The van der Waals surface area contributed by atoms with Crippen LogP contribution in [0.15, 0.2) is 0 Å². The number of carbonyl (C=O) groups is 2. The van der Waals surface area contributed by atoms with Gasteiger partial charge in [-0.2, -0.15) is 0 Å². The average molecular weight is 324 g/mol. The van der Waals surface area contributed by atoms with E-state index >= 15 is 0 Å². The van der Waals surface area contributed by atoms with Gasteiger partial charge in [-0.25, -0.2) is 0 Å². The van der Waals surface area contributed by atoms with Gasteiger partial charge in [0.1, 0.15) is 6.54 Å². The summed E-state index contributed by atoms with van der Waals surface area (Å²) in [5.74, 6) is -1.77. The van der Waals surface area contributed by atoms with E-state index in [1.54, 1.807) is 0 Å². The van der Waals surface area contributed by atoms with Gasteiger partial charge in [-0.3, -0.25) is 4.79 Å². The number of hydrogen-bond acceptors (Lipinski definition) is 4. The summed E-state index contributed by atoms with van der Waals surface area (Å²) in [5.41, 5.74) is -1.82. The molecule has 0 aliphatic carbocycles. The number of nitrogens with zero attached hydrogens (tertiary/aromatic N) is 1. The Kier molecular flexibility index (Phi) is 10.9. The van der Waals surface area contributed by atoms with Gasteiger partial charge in [-0.05, 0) is 6.42 Å². The van der Waals surface area contributed by atoms with Crippen LogP contribution in [-0.2, 0) is 9.59 Å². The zero-order valence-electron chi connectivity index (χ0n) is 13.7. The molecule has 126 valence electrons. The number of quaternary nitrogens is 1. The fraction of sp³-hybridized carbons (Fsp3) is 0.867. The van der Waals surface area contributed by atoms with E-state index in [1.165, 1.54) is 0 Å². The second-order valence-corrected chi connectivity index (χ2v) is 6.62. The zero-order valence-corrected chi connectivity index (χ0v) is 14.5. The van der Waals surface area contributed by atoms with Crippen LogP contribution in [0, 0.1) is 0 Å². The number of halogens is 1. The van der Waals surface area contributed by atoms with Gasteiger partial charge in [-0.15, -0.1) is 12.4 Å². The van der Waals surface area contributed by atoms with E-state index in [1.807, 2.05) is 21.1 Å². The Balaban J connectivity index is 0. The number of carboxylic acid groups (broad SMARTS) is 1. The lowest BCUT2D eigenvalue weighted by atomic mass is 9.89. The molecule has 0 saturated carbocycles. The standard InChI is InChI=1S/C15H29NO4.ClH/c1-5-6-7-8-9-10-13(17)15(20,11-14(18)19)12-16(2,3)4;/h20H,5-12H2,1-4H3;1H. The van der Waals surface area contributed by atoms with Crippen molar-refractivity contribution in [3.63, 3.8) is 0 Å². The van der Waals surface area contributed by atoms with Crippen LogP contribution in [-0.4, -0.2) is 54.6 Å². The third-order valence-corrected chi connectivity index (χ3v) is 3.20. The van der Waals surface area contributed by atoms with Crippen molar-refractivity contribution in [3.8, 4) is 0 Å². The second-order valence-electron chi connectivity index (χ2n) is 6.62. The summed E-state index contributed by atoms with van der Waals surface area (Å²) in [6, 6.07) is 0. The van der Waals surface area contributed by atoms with Gasteiger partial charge in [0.25, 0.3) is 0 Å². The predicted octanol–water partition coefficient (Wildman–Crippen LogP) is 0.915. The second kappa shape index (κ2) is 10.1. The first-order valence-electron chi connectivity index (χ1n) is 7.37. The van der Waals surface area contributed by atoms with E-state index < -0.39 is 18.0 Å². The van der Waals surface area contributed by atoms with Gasteiger partial charge in [-0.1, -0.05) is 32.6 Å². The average Bonchev–Trinajstić information content (AvgIpc) is 2.24. The number of aliphatic carboxylic acids is 1. The minimum Gasteiger partial charge on any atom is -0.550 e. The molecule has 0 spiro atoms. The molecule has 1 N–H and O–H groups in total. The Morgan fingerprint density at radius 3 is 2.05 bits per heavy atom. The highest BCUT2D eigenvalue weighted by atomic mass is 35.5. The van der Waals surface area contributed by atoms with Gasteiger partial charge >= 0.3 is 0 Å². The highest BCUT2D eigenvalue weighted by Crippen LogP contribution is 2.19. The third-order valence-electron chi connectivity index (χ3n) is 3.20. The molecule has 5 nitrogen and oxygen atoms in total. The van der Waals surface area contributed by atoms with Crippen LogP contribution >= 0.6 is 12.4 Å². The van der Waals surface area contributed by atoms with Crippen LogP contribution in [0.1, 0.15) is 51.9 Å². The van der Waals surface area contributed by atoms with Crippen molar-refractivity contribution in [2.24, 2.45) is 0 Å². The van der Waals surface area contributed by atoms with Gasteiger partial charge in [0.2, 0.25) is 0 Å². The van der Waals surface area contributed by atoms with Crippen molar-refractivity contribution in [2.45, 2.75) is 57.5 Å². The Hall–Kier alpha value is -0.650. The Labute approximate surface area is 134 Å². The maximum atomic E-state index is 12.2. The summed E-state index contributed by atoms with van der Waals surface area (Å²) in [6.07, 6.45) is 4.57. The molecule has 0 aromatic carbocycles. The van der Waals surface area contributed by atoms with E-state index in [0.29, 0.717) is 10.9 Å². The Bertz CT molecular complexity index is 328. The first kappa shape index (κ1) is 22.6. The van der Waals surface area contributed by atoms with Crippen LogP contribution in [0.2, 0.25) is 0 Å². The molecule has 21 heavy (non-hydrogen) atoms. The summed E-state index contributed by atoms with van der Waals surface area (Å²) in [4.78, 5) is 22.9. The first-order valence-corrected chi connectivity index (χ1v) is 7.37. The normalized spacial score (nSPS) is 14.1. The molecule has 1 unspecified atom stereocenters. The van der Waals surface area contributed by atoms with Crippen LogP contribution < -0.4 is 5.11 Å². The molecule has 0 fully saturated rings. The fourth-order valence-electron chi connectivity index (χ4n) is 2.39. The van der Waals surface area contributed by atoms with E-state index in [2.05, 4.69) is 6.92 Å². The molecule has 0 amide bonds. The molecule has 0 radical (unpaired) electrons. The van der Waals surface area contributed by atoms with Gasteiger partial charge in [0, 0.05) is 18.8 Å². The minimum absolute atomic E-state index is 0. The van der Waals surface area contributed by atoms with Gasteiger partial charge in [0.05, 0.1) is 21.1 Å². The highest BCUT2D eigenvalue weighted by Gasteiger charge is 2.40. The molecule has 0 aromatic rings. The van der Waals surface area contributed by atoms with Gasteiger partial charge < -0.3 is 19.5 Å². The maximum absolute atomic E-state index is 12.2. The predicted molar refractivity (Wildman–Crippen MR) is 83.1 cm³/mol. The number of ketones is 1. The summed E-state index contributed by atoms with van der Waals surface area (Å²) < 4.78 is 0.325. The van der Waals surface area contributed by atoms with Crippen molar-refractivity contribution in [3.05, 3.63) is 0 Å². The van der Waals surface area contributed by atoms with Crippen molar-refractivity contribution in [2.75, 3.05) is 27.7 Å². The number of carbonyl (C=O) groups excluding carboxylic acids is 2. The molecule has 0 saturated heterocycles. The van der Waals surface area contributed by atoms with Crippen molar-refractivity contribution in [1.82, 2.24) is 0 Å². The fourth-order valence-corrected chi connectivity index (χ4v) is 2.39. The number of carboxylic acids is 1. The number of hydrogen-bond donors (Lipinski definition) is 1.